The molecule has 2 rings (SSSR count). The third-order valence-electron chi connectivity index (χ3n) is 2.89. The first kappa shape index (κ1) is 13.9. The fourth-order valence-corrected chi connectivity index (χ4v) is 2.27. The summed E-state index contributed by atoms with van der Waals surface area (Å²) in [4.78, 5) is 0. The zero-order chi connectivity index (χ0) is 13.7. The van der Waals surface area contributed by atoms with E-state index < -0.39 is 0 Å². The molecule has 3 nitrogen and oxygen atoms in total. The molecule has 19 heavy (non-hydrogen) atoms. The Kier molecular flexibility index (Phi) is 4.82. The highest BCUT2D eigenvalue weighted by Crippen LogP contribution is 2.29. The summed E-state index contributed by atoms with van der Waals surface area (Å²) in [7, 11) is 1.55. The zero-order valence-electron chi connectivity index (χ0n) is 10.7. The van der Waals surface area contributed by atoms with Crippen LogP contribution >= 0.6 is 15.9 Å². The van der Waals surface area contributed by atoms with Gasteiger partial charge in [-0.15, -0.1) is 0 Å². The number of para-hydroxylation sites is 1. The fraction of sp³-hybridized carbons (Fsp3) is 0.200. The molecule has 0 unspecified atom stereocenters. The van der Waals surface area contributed by atoms with E-state index in [-0.39, 0.29) is 5.75 Å². The first-order chi connectivity index (χ1) is 9.22. The van der Waals surface area contributed by atoms with Gasteiger partial charge < -0.3 is 15.2 Å². The molecule has 0 saturated heterocycles. The Hall–Kier alpha value is -1.52. The van der Waals surface area contributed by atoms with Crippen molar-refractivity contribution < 1.29 is 9.84 Å². The van der Waals surface area contributed by atoms with Crippen molar-refractivity contribution in [3.63, 3.8) is 0 Å². The molecule has 0 aliphatic carbocycles. The molecule has 0 atom stereocenters. The first-order valence-corrected chi connectivity index (χ1v) is 6.80. The second kappa shape index (κ2) is 6.59. The minimum Gasteiger partial charge on any atom is -0.504 e. The minimum atomic E-state index is 0.199. The molecule has 0 bridgehead atoms. The van der Waals surface area contributed by atoms with E-state index in [1.807, 2.05) is 30.3 Å². The van der Waals surface area contributed by atoms with Gasteiger partial charge in [0, 0.05) is 23.1 Å². The maximum atomic E-state index is 9.97. The van der Waals surface area contributed by atoms with Gasteiger partial charge in [-0.25, -0.2) is 0 Å². The lowest BCUT2D eigenvalue weighted by atomic mass is 10.1. The molecule has 2 aromatic carbocycles. The molecule has 0 aromatic heterocycles. The van der Waals surface area contributed by atoms with Crippen LogP contribution in [0.5, 0.6) is 11.5 Å². The number of rotatable bonds is 5. The van der Waals surface area contributed by atoms with Crippen LogP contribution in [0, 0.1) is 0 Å². The van der Waals surface area contributed by atoms with Crippen LogP contribution in [-0.4, -0.2) is 12.2 Å². The predicted molar refractivity (Wildman–Crippen MR) is 79.3 cm³/mol. The number of phenols is 1. The van der Waals surface area contributed by atoms with Gasteiger partial charge in [-0.2, -0.15) is 0 Å². The van der Waals surface area contributed by atoms with E-state index >= 15 is 0 Å². The highest BCUT2D eigenvalue weighted by molar-refractivity contribution is 9.10. The Balaban J connectivity index is 1.98. The highest BCUT2D eigenvalue weighted by atomic mass is 79.9. The lowest BCUT2D eigenvalue weighted by molar-refractivity contribution is 0.369. The van der Waals surface area contributed by atoms with Crippen molar-refractivity contribution in [2.75, 3.05) is 7.11 Å². The van der Waals surface area contributed by atoms with E-state index in [4.69, 9.17) is 4.74 Å². The monoisotopic (exact) mass is 321 g/mol. The third kappa shape index (κ3) is 3.49. The van der Waals surface area contributed by atoms with Gasteiger partial charge in [0.2, 0.25) is 0 Å². The van der Waals surface area contributed by atoms with Crippen LogP contribution in [0.1, 0.15) is 11.1 Å². The molecule has 2 N–H and O–H groups in total. The van der Waals surface area contributed by atoms with Crippen LogP contribution in [0.15, 0.2) is 46.9 Å². The molecule has 100 valence electrons. The van der Waals surface area contributed by atoms with Crippen LogP contribution in [0.2, 0.25) is 0 Å². The molecule has 0 radical (unpaired) electrons. The fourth-order valence-electron chi connectivity index (χ4n) is 1.85. The van der Waals surface area contributed by atoms with Crippen LogP contribution in [0.4, 0.5) is 0 Å². The second-order valence-corrected chi connectivity index (χ2v) is 5.02. The molecule has 0 aliphatic heterocycles. The maximum Gasteiger partial charge on any atom is 0.162 e. The number of benzene rings is 2. The summed E-state index contributed by atoms with van der Waals surface area (Å²) < 4.78 is 6.16. The Labute approximate surface area is 121 Å². The molecule has 4 heteroatoms. The maximum absolute atomic E-state index is 9.97. The van der Waals surface area contributed by atoms with Gasteiger partial charge in [-0.05, 0) is 17.7 Å². The molecule has 0 heterocycles. The van der Waals surface area contributed by atoms with E-state index in [9.17, 15) is 5.11 Å². The van der Waals surface area contributed by atoms with E-state index in [1.165, 1.54) is 5.56 Å². The number of methoxy groups -OCH3 is 1. The molecule has 0 saturated carbocycles. The van der Waals surface area contributed by atoms with Crippen molar-refractivity contribution in [1.82, 2.24) is 5.32 Å². The summed E-state index contributed by atoms with van der Waals surface area (Å²) in [6.07, 6.45) is 0. The lowest BCUT2D eigenvalue weighted by Gasteiger charge is -2.10. The van der Waals surface area contributed by atoms with E-state index in [0.29, 0.717) is 12.3 Å². The summed E-state index contributed by atoms with van der Waals surface area (Å²) in [6.45, 7) is 1.32. The smallest absolute Gasteiger partial charge is 0.162 e. The number of hydrogen-bond donors (Lipinski definition) is 2. The molecule has 0 amide bonds. The second-order valence-electron chi connectivity index (χ2n) is 4.16. The Morgan fingerprint density at radius 3 is 2.47 bits per heavy atom. The first-order valence-electron chi connectivity index (χ1n) is 6.01. The predicted octanol–water partition coefficient (Wildman–Crippen LogP) is 3.45. The van der Waals surface area contributed by atoms with Crippen molar-refractivity contribution >= 4 is 15.9 Å². The van der Waals surface area contributed by atoms with Crippen LogP contribution in [0.3, 0.4) is 0 Å². The Morgan fingerprint density at radius 2 is 1.74 bits per heavy atom. The number of nitrogens with one attached hydrogen (secondary N) is 1. The van der Waals surface area contributed by atoms with Gasteiger partial charge in [0.25, 0.3) is 0 Å². The summed E-state index contributed by atoms with van der Waals surface area (Å²) >= 11 is 3.51. The van der Waals surface area contributed by atoms with Crippen molar-refractivity contribution in [2.45, 2.75) is 13.1 Å². The average Bonchev–Trinajstić information content (AvgIpc) is 2.43. The molecule has 0 aliphatic rings. The Morgan fingerprint density at radius 1 is 1.05 bits per heavy atom. The van der Waals surface area contributed by atoms with Gasteiger partial charge in [0.05, 0.1) is 7.11 Å². The van der Waals surface area contributed by atoms with Crippen LogP contribution < -0.4 is 10.1 Å². The van der Waals surface area contributed by atoms with Gasteiger partial charge in [-0.1, -0.05) is 46.3 Å². The normalized spacial score (nSPS) is 10.4. The number of halogens is 1. The molecular weight excluding hydrogens is 306 g/mol. The van der Waals surface area contributed by atoms with E-state index in [1.54, 1.807) is 13.2 Å². The average molecular weight is 322 g/mol. The highest BCUT2D eigenvalue weighted by Gasteiger charge is 2.06. The van der Waals surface area contributed by atoms with E-state index in [0.717, 1.165) is 16.6 Å². The number of hydrogen-bond acceptors (Lipinski definition) is 3. The van der Waals surface area contributed by atoms with Crippen molar-refractivity contribution in [1.29, 1.82) is 0 Å². The summed E-state index contributed by atoms with van der Waals surface area (Å²) in [5.74, 6) is 0.699. The quantitative estimate of drug-likeness (QED) is 0.886. The van der Waals surface area contributed by atoms with Gasteiger partial charge in [0.15, 0.2) is 11.5 Å². The number of phenolic OH excluding ortho intramolecular Hbond substituents is 1. The van der Waals surface area contributed by atoms with Gasteiger partial charge >= 0.3 is 0 Å². The van der Waals surface area contributed by atoms with Gasteiger partial charge in [0.1, 0.15) is 0 Å². The van der Waals surface area contributed by atoms with Gasteiger partial charge in [-0.3, -0.25) is 0 Å². The topological polar surface area (TPSA) is 41.5 Å². The SMILES string of the molecule is COc1cccc(CNCc2ccccc2Br)c1O. The van der Waals surface area contributed by atoms with Crippen LogP contribution in [0.25, 0.3) is 0 Å². The van der Waals surface area contributed by atoms with Crippen molar-refractivity contribution in [3.05, 3.63) is 58.1 Å². The van der Waals surface area contributed by atoms with E-state index in [2.05, 4.69) is 27.3 Å². The Bertz CT molecular complexity index is 558. The molecule has 0 spiro atoms. The van der Waals surface area contributed by atoms with Crippen molar-refractivity contribution in [2.24, 2.45) is 0 Å². The summed E-state index contributed by atoms with van der Waals surface area (Å²) in [5, 5.41) is 13.3. The number of aromatic hydroxyl groups is 1. The van der Waals surface area contributed by atoms with Crippen molar-refractivity contribution in [3.8, 4) is 11.5 Å². The zero-order valence-corrected chi connectivity index (χ0v) is 12.3. The lowest BCUT2D eigenvalue weighted by Crippen LogP contribution is -2.13. The molecular formula is C15H16BrNO2. The molecule has 2 aromatic rings. The summed E-state index contributed by atoms with van der Waals surface area (Å²) in [5.41, 5.74) is 2.01. The number of ether oxygens (including phenoxy) is 1. The largest absolute Gasteiger partial charge is 0.504 e. The minimum absolute atomic E-state index is 0.199. The third-order valence-corrected chi connectivity index (χ3v) is 3.66. The summed E-state index contributed by atoms with van der Waals surface area (Å²) in [6, 6.07) is 13.6. The standard InChI is InChI=1S/C15H16BrNO2/c1-19-14-8-4-6-12(15(14)18)10-17-9-11-5-2-3-7-13(11)16/h2-8,17-18H,9-10H2,1H3. The molecule has 0 fully saturated rings. The van der Waals surface area contributed by atoms with Crippen LogP contribution in [-0.2, 0) is 13.1 Å².